The van der Waals surface area contributed by atoms with Gasteiger partial charge in [0.15, 0.2) is 0 Å². The highest BCUT2D eigenvalue weighted by Gasteiger charge is 2.17. The number of hydrogen-bond acceptors (Lipinski definition) is 7. The first-order chi connectivity index (χ1) is 13.4. The Balaban J connectivity index is 2.37. The van der Waals surface area contributed by atoms with Gasteiger partial charge in [-0.15, -0.1) is 0 Å². The molecule has 0 atom stereocenters. The van der Waals surface area contributed by atoms with Crippen LogP contribution < -0.4 is 19.5 Å². The van der Waals surface area contributed by atoms with E-state index in [9.17, 15) is 20.2 Å². The molecule has 2 rings (SSSR count). The normalized spacial score (nSPS) is 10.6. The Morgan fingerprint density at radius 1 is 1.11 bits per heavy atom. The van der Waals surface area contributed by atoms with Crippen molar-refractivity contribution < 1.29 is 23.9 Å². The second kappa shape index (κ2) is 9.05. The molecule has 0 aliphatic rings. The molecule has 0 aromatic heterocycles. The van der Waals surface area contributed by atoms with Gasteiger partial charge in [0.25, 0.3) is 11.6 Å². The van der Waals surface area contributed by atoms with E-state index < -0.39 is 10.8 Å². The van der Waals surface area contributed by atoms with Crippen LogP contribution in [0.4, 0.5) is 11.4 Å². The van der Waals surface area contributed by atoms with Gasteiger partial charge in [-0.2, -0.15) is 5.26 Å². The molecular weight excluding hydrogens is 366 g/mol. The molecule has 144 valence electrons. The van der Waals surface area contributed by atoms with Crippen molar-refractivity contribution in [2.45, 2.75) is 0 Å². The van der Waals surface area contributed by atoms with Crippen molar-refractivity contribution in [3.05, 3.63) is 57.6 Å². The van der Waals surface area contributed by atoms with Crippen LogP contribution >= 0.6 is 0 Å². The van der Waals surface area contributed by atoms with E-state index in [1.165, 1.54) is 39.5 Å². The number of amides is 1. The van der Waals surface area contributed by atoms with Crippen LogP contribution in [0.25, 0.3) is 6.08 Å². The zero-order valence-corrected chi connectivity index (χ0v) is 15.4. The maximum Gasteiger partial charge on any atom is 0.271 e. The lowest BCUT2D eigenvalue weighted by Gasteiger charge is -2.10. The van der Waals surface area contributed by atoms with Gasteiger partial charge < -0.3 is 19.5 Å². The molecule has 2 aromatic carbocycles. The van der Waals surface area contributed by atoms with Crippen molar-refractivity contribution in [1.29, 1.82) is 5.26 Å². The SMILES string of the molecule is COc1ccc(/C=C(\C#N)C(=O)Nc2cc([N+](=O)[O-])ccc2OC)c(OC)c1. The molecule has 0 spiro atoms. The average Bonchev–Trinajstić information content (AvgIpc) is 2.71. The van der Waals surface area contributed by atoms with Crippen LogP contribution in [0.3, 0.4) is 0 Å². The van der Waals surface area contributed by atoms with Gasteiger partial charge in [0.05, 0.1) is 31.9 Å². The molecule has 0 aliphatic carbocycles. The summed E-state index contributed by atoms with van der Waals surface area (Å²) in [6, 6.07) is 10.5. The lowest BCUT2D eigenvalue weighted by Crippen LogP contribution is -2.14. The fraction of sp³-hybridized carbons (Fsp3) is 0.158. The van der Waals surface area contributed by atoms with Crippen LogP contribution in [-0.4, -0.2) is 32.2 Å². The Morgan fingerprint density at radius 2 is 1.82 bits per heavy atom. The van der Waals surface area contributed by atoms with E-state index in [1.807, 2.05) is 6.07 Å². The highest BCUT2D eigenvalue weighted by Crippen LogP contribution is 2.30. The number of non-ortho nitro benzene ring substituents is 1. The fourth-order valence-corrected chi connectivity index (χ4v) is 2.34. The number of nitrogens with one attached hydrogen (secondary N) is 1. The lowest BCUT2D eigenvalue weighted by molar-refractivity contribution is -0.384. The van der Waals surface area contributed by atoms with Crippen LogP contribution in [0, 0.1) is 21.4 Å². The van der Waals surface area contributed by atoms with Gasteiger partial charge in [-0.05, 0) is 24.3 Å². The monoisotopic (exact) mass is 383 g/mol. The second-order valence-electron chi connectivity index (χ2n) is 5.37. The van der Waals surface area contributed by atoms with Crippen molar-refractivity contribution in [3.63, 3.8) is 0 Å². The number of methoxy groups -OCH3 is 3. The smallest absolute Gasteiger partial charge is 0.271 e. The van der Waals surface area contributed by atoms with E-state index in [0.29, 0.717) is 17.1 Å². The Hall–Kier alpha value is -4.06. The molecule has 0 bridgehead atoms. The maximum atomic E-state index is 12.5. The number of hydrogen-bond donors (Lipinski definition) is 1. The summed E-state index contributed by atoms with van der Waals surface area (Å²) in [5.41, 5.74) is 0.109. The largest absolute Gasteiger partial charge is 0.497 e. The van der Waals surface area contributed by atoms with Gasteiger partial charge in [-0.1, -0.05) is 0 Å². The number of anilines is 1. The fourth-order valence-electron chi connectivity index (χ4n) is 2.34. The van der Waals surface area contributed by atoms with E-state index in [0.717, 1.165) is 6.07 Å². The maximum absolute atomic E-state index is 12.5. The van der Waals surface area contributed by atoms with Crippen molar-refractivity contribution in [2.75, 3.05) is 26.6 Å². The van der Waals surface area contributed by atoms with Crippen LogP contribution in [0.1, 0.15) is 5.56 Å². The molecule has 0 fully saturated rings. The van der Waals surface area contributed by atoms with E-state index >= 15 is 0 Å². The van der Waals surface area contributed by atoms with E-state index in [1.54, 1.807) is 18.2 Å². The summed E-state index contributed by atoms with van der Waals surface area (Å²) < 4.78 is 15.5. The number of ether oxygens (including phenoxy) is 3. The molecule has 0 saturated carbocycles. The van der Waals surface area contributed by atoms with Crippen LogP contribution in [-0.2, 0) is 4.79 Å². The number of nitro benzene ring substituents is 1. The Morgan fingerprint density at radius 3 is 2.39 bits per heavy atom. The molecule has 1 amide bonds. The summed E-state index contributed by atoms with van der Waals surface area (Å²) in [5.74, 6) is 0.434. The first kappa shape index (κ1) is 20.3. The minimum Gasteiger partial charge on any atom is -0.497 e. The molecule has 0 aliphatic heterocycles. The predicted octanol–water partition coefficient (Wildman–Crippen LogP) is 3.17. The molecule has 1 N–H and O–H groups in total. The molecule has 0 unspecified atom stereocenters. The summed E-state index contributed by atoms with van der Waals surface area (Å²) in [6.45, 7) is 0. The summed E-state index contributed by atoms with van der Waals surface area (Å²) in [5, 5.41) is 22.8. The summed E-state index contributed by atoms with van der Waals surface area (Å²) >= 11 is 0. The Bertz CT molecular complexity index is 978. The van der Waals surface area contributed by atoms with Gasteiger partial charge in [0.1, 0.15) is 28.9 Å². The molecule has 28 heavy (non-hydrogen) atoms. The topological polar surface area (TPSA) is 124 Å². The first-order valence-electron chi connectivity index (χ1n) is 7.91. The van der Waals surface area contributed by atoms with Crippen molar-refractivity contribution in [1.82, 2.24) is 0 Å². The van der Waals surface area contributed by atoms with Crippen molar-refractivity contribution in [2.24, 2.45) is 0 Å². The predicted molar refractivity (Wildman–Crippen MR) is 101 cm³/mol. The van der Waals surface area contributed by atoms with Gasteiger partial charge in [0, 0.05) is 23.8 Å². The number of nitro groups is 1. The number of rotatable bonds is 7. The Labute approximate surface area is 160 Å². The summed E-state index contributed by atoms with van der Waals surface area (Å²) in [4.78, 5) is 22.9. The molecule has 0 radical (unpaired) electrons. The zero-order valence-electron chi connectivity index (χ0n) is 15.4. The molecular formula is C19H17N3O6. The standard InChI is InChI=1S/C19H17N3O6/c1-26-15-6-4-12(18(10-15)28-3)8-13(11-20)19(23)21-16-9-14(22(24)25)5-7-17(16)27-2/h4-10H,1-3H3,(H,21,23)/b13-8+. The number of nitriles is 1. The minimum atomic E-state index is -0.751. The second-order valence-corrected chi connectivity index (χ2v) is 5.37. The third kappa shape index (κ3) is 4.56. The number of nitrogens with zero attached hydrogens (tertiary/aromatic N) is 2. The Kier molecular flexibility index (Phi) is 6.54. The zero-order chi connectivity index (χ0) is 20.7. The van der Waals surface area contributed by atoms with Gasteiger partial charge in [-0.3, -0.25) is 14.9 Å². The van der Waals surface area contributed by atoms with Crippen LogP contribution in [0.5, 0.6) is 17.2 Å². The highest BCUT2D eigenvalue weighted by atomic mass is 16.6. The molecule has 0 heterocycles. The average molecular weight is 383 g/mol. The van der Waals surface area contributed by atoms with Crippen LogP contribution in [0.15, 0.2) is 42.0 Å². The van der Waals surface area contributed by atoms with Crippen LogP contribution in [0.2, 0.25) is 0 Å². The summed E-state index contributed by atoms with van der Waals surface area (Å²) in [6.07, 6.45) is 1.34. The molecule has 9 nitrogen and oxygen atoms in total. The van der Waals surface area contributed by atoms with Crippen molar-refractivity contribution >= 4 is 23.4 Å². The number of carbonyl (C=O) groups excluding carboxylic acids is 1. The van der Waals surface area contributed by atoms with Gasteiger partial charge >= 0.3 is 0 Å². The highest BCUT2D eigenvalue weighted by molar-refractivity contribution is 6.10. The lowest BCUT2D eigenvalue weighted by atomic mass is 10.1. The van der Waals surface area contributed by atoms with Crippen molar-refractivity contribution in [3.8, 4) is 23.3 Å². The molecule has 9 heteroatoms. The van der Waals surface area contributed by atoms with E-state index in [4.69, 9.17) is 14.2 Å². The molecule has 2 aromatic rings. The quantitative estimate of drug-likeness (QED) is 0.337. The number of carbonyl (C=O) groups is 1. The van der Waals surface area contributed by atoms with E-state index in [2.05, 4.69) is 5.32 Å². The first-order valence-corrected chi connectivity index (χ1v) is 7.91. The number of benzene rings is 2. The minimum absolute atomic E-state index is 0.0737. The van der Waals surface area contributed by atoms with E-state index in [-0.39, 0.29) is 22.7 Å². The third-order valence-electron chi connectivity index (χ3n) is 3.75. The molecule has 0 saturated heterocycles. The third-order valence-corrected chi connectivity index (χ3v) is 3.75. The van der Waals surface area contributed by atoms with Gasteiger partial charge in [-0.25, -0.2) is 0 Å². The summed E-state index contributed by atoms with van der Waals surface area (Å²) in [7, 11) is 4.32. The van der Waals surface area contributed by atoms with Gasteiger partial charge in [0.2, 0.25) is 0 Å².